The molecule has 1 amide bonds. The first kappa shape index (κ1) is 15.8. The first-order valence-corrected chi connectivity index (χ1v) is 7.59. The van der Waals surface area contributed by atoms with E-state index in [4.69, 9.17) is 10.5 Å². The second-order valence-electron chi connectivity index (χ2n) is 5.57. The Balaban J connectivity index is 1.85. The van der Waals surface area contributed by atoms with Gasteiger partial charge in [0.05, 0.1) is 6.61 Å². The van der Waals surface area contributed by atoms with Crippen LogP contribution >= 0.6 is 0 Å². The van der Waals surface area contributed by atoms with E-state index in [0.29, 0.717) is 13.2 Å². The molecule has 1 aliphatic rings. The Hall–Kier alpha value is -1.59. The van der Waals surface area contributed by atoms with Crippen LogP contribution in [0.3, 0.4) is 0 Å². The van der Waals surface area contributed by atoms with E-state index in [2.05, 4.69) is 10.6 Å². The Morgan fingerprint density at radius 1 is 1.33 bits per heavy atom. The van der Waals surface area contributed by atoms with Gasteiger partial charge in [-0.3, -0.25) is 4.79 Å². The molecule has 0 spiro atoms. The van der Waals surface area contributed by atoms with Crippen molar-refractivity contribution in [1.82, 2.24) is 0 Å². The van der Waals surface area contributed by atoms with Crippen molar-refractivity contribution in [1.29, 1.82) is 0 Å². The van der Waals surface area contributed by atoms with Crippen LogP contribution in [0.4, 0.5) is 11.4 Å². The van der Waals surface area contributed by atoms with Gasteiger partial charge >= 0.3 is 0 Å². The predicted molar refractivity (Wildman–Crippen MR) is 85.4 cm³/mol. The summed E-state index contributed by atoms with van der Waals surface area (Å²) >= 11 is 0. The summed E-state index contributed by atoms with van der Waals surface area (Å²) in [7, 11) is 1.70. The van der Waals surface area contributed by atoms with E-state index in [1.807, 2.05) is 24.3 Å². The molecule has 0 saturated heterocycles. The summed E-state index contributed by atoms with van der Waals surface area (Å²) in [5.41, 5.74) is 7.43. The quantitative estimate of drug-likeness (QED) is 0.652. The van der Waals surface area contributed by atoms with Crippen LogP contribution in [0.5, 0.6) is 0 Å². The molecule has 0 radical (unpaired) electrons. The molecule has 1 saturated carbocycles. The zero-order chi connectivity index (χ0) is 15.1. The molecular weight excluding hydrogens is 266 g/mol. The number of rotatable bonds is 9. The van der Waals surface area contributed by atoms with E-state index in [1.165, 1.54) is 0 Å². The smallest absolute Gasteiger partial charge is 0.227 e. The monoisotopic (exact) mass is 291 g/mol. The summed E-state index contributed by atoms with van der Waals surface area (Å²) in [6.07, 6.45) is 3.98. The average molecular weight is 291 g/mol. The van der Waals surface area contributed by atoms with Crippen LogP contribution in [-0.4, -0.2) is 32.2 Å². The number of benzene rings is 1. The van der Waals surface area contributed by atoms with Gasteiger partial charge in [0.25, 0.3) is 0 Å². The molecular formula is C16H25N3O2. The molecule has 4 N–H and O–H groups in total. The highest BCUT2D eigenvalue weighted by atomic mass is 16.5. The van der Waals surface area contributed by atoms with Crippen molar-refractivity contribution < 1.29 is 9.53 Å². The molecule has 1 aromatic carbocycles. The molecule has 0 heterocycles. The summed E-state index contributed by atoms with van der Waals surface area (Å²) in [4.78, 5) is 11.7. The molecule has 5 nitrogen and oxygen atoms in total. The van der Waals surface area contributed by atoms with Crippen LogP contribution in [0.25, 0.3) is 0 Å². The van der Waals surface area contributed by atoms with E-state index < -0.39 is 0 Å². The minimum atomic E-state index is 0.135. The van der Waals surface area contributed by atoms with Gasteiger partial charge in [-0.25, -0.2) is 0 Å². The highest BCUT2D eigenvalue weighted by molar-refractivity contribution is 5.94. The fourth-order valence-electron chi connectivity index (χ4n) is 2.24. The Labute approximate surface area is 126 Å². The van der Waals surface area contributed by atoms with Crippen molar-refractivity contribution in [3.63, 3.8) is 0 Å². The van der Waals surface area contributed by atoms with Gasteiger partial charge in [-0.05, 0) is 56.5 Å². The highest BCUT2D eigenvalue weighted by Gasteiger charge is 2.29. The maximum absolute atomic E-state index is 11.7. The molecule has 116 valence electrons. The molecule has 1 atom stereocenters. The lowest BCUT2D eigenvalue weighted by Gasteiger charge is -2.19. The number of carbonyl (C=O) groups is 1. The SMILES string of the molecule is COCC(CCCN)Nc1ccc(NC(=O)C2CC2)cc1. The van der Waals surface area contributed by atoms with E-state index in [-0.39, 0.29) is 17.9 Å². The van der Waals surface area contributed by atoms with Gasteiger partial charge in [0.2, 0.25) is 5.91 Å². The number of nitrogens with two attached hydrogens (primary N) is 1. The molecule has 2 rings (SSSR count). The van der Waals surface area contributed by atoms with E-state index in [9.17, 15) is 4.79 Å². The third kappa shape index (κ3) is 5.36. The van der Waals surface area contributed by atoms with Gasteiger partial charge in [-0.2, -0.15) is 0 Å². The maximum atomic E-state index is 11.7. The van der Waals surface area contributed by atoms with E-state index in [1.54, 1.807) is 7.11 Å². The summed E-state index contributed by atoms with van der Waals surface area (Å²) in [6.45, 7) is 1.34. The molecule has 21 heavy (non-hydrogen) atoms. The fourth-order valence-corrected chi connectivity index (χ4v) is 2.24. The lowest BCUT2D eigenvalue weighted by Crippen LogP contribution is -2.25. The van der Waals surface area contributed by atoms with Crippen LogP contribution in [0.1, 0.15) is 25.7 Å². The summed E-state index contributed by atoms with van der Waals surface area (Å²) in [5.74, 6) is 0.362. The minimum Gasteiger partial charge on any atom is -0.383 e. The minimum absolute atomic E-state index is 0.135. The Kier molecular flexibility index (Phi) is 6.02. The lowest BCUT2D eigenvalue weighted by atomic mass is 10.1. The number of hydrogen-bond acceptors (Lipinski definition) is 4. The van der Waals surface area contributed by atoms with Gasteiger partial charge < -0.3 is 21.1 Å². The van der Waals surface area contributed by atoms with Gasteiger partial charge in [0.1, 0.15) is 0 Å². The summed E-state index contributed by atoms with van der Waals surface area (Å²) in [5, 5.41) is 6.37. The molecule has 1 aromatic rings. The summed E-state index contributed by atoms with van der Waals surface area (Å²) in [6, 6.07) is 8.07. The number of methoxy groups -OCH3 is 1. The van der Waals surface area contributed by atoms with Crippen molar-refractivity contribution in [2.75, 3.05) is 30.9 Å². The normalized spacial score (nSPS) is 15.5. The second-order valence-corrected chi connectivity index (χ2v) is 5.57. The first-order valence-electron chi connectivity index (χ1n) is 7.59. The summed E-state index contributed by atoms with van der Waals surface area (Å²) < 4.78 is 5.22. The molecule has 1 unspecified atom stereocenters. The van der Waals surface area contributed by atoms with Gasteiger partial charge in [-0.15, -0.1) is 0 Å². The van der Waals surface area contributed by atoms with Gasteiger partial charge in [-0.1, -0.05) is 0 Å². The molecule has 0 bridgehead atoms. The first-order chi connectivity index (χ1) is 10.2. The van der Waals surface area contributed by atoms with Crippen molar-refractivity contribution in [3.05, 3.63) is 24.3 Å². The number of ether oxygens (including phenoxy) is 1. The average Bonchev–Trinajstić information content (AvgIpc) is 3.31. The third-order valence-corrected chi connectivity index (χ3v) is 3.60. The molecule has 1 aliphatic carbocycles. The van der Waals surface area contributed by atoms with Crippen LogP contribution in [0.2, 0.25) is 0 Å². The Morgan fingerprint density at radius 3 is 2.57 bits per heavy atom. The van der Waals surface area contributed by atoms with Crippen molar-refractivity contribution in [2.45, 2.75) is 31.7 Å². The van der Waals surface area contributed by atoms with Crippen LogP contribution in [0.15, 0.2) is 24.3 Å². The van der Waals surface area contributed by atoms with Crippen LogP contribution in [-0.2, 0) is 9.53 Å². The van der Waals surface area contributed by atoms with Gasteiger partial charge in [0.15, 0.2) is 0 Å². The Morgan fingerprint density at radius 2 is 2.00 bits per heavy atom. The Bertz CT molecular complexity index is 443. The maximum Gasteiger partial charge on any atom is 0.227 e. The van der Waals surface area contributed by atoms with E-state index in [0.717, 1.165) is 37.1 Å². The standard InChI is InChI=1S/C16H25N3O2/c1-21-11-15(3-2-10-17)18-13-6-8-14(9-7-13)19-16(20)12-4-5-12/h6-9,12,15,18H,2-5,10-11,17H2,1H3,(H,19,20). The molecule has 5 heteroatoms. The van der Waals surface area contributed by atoms with Crippen LogP contribution < -0.4 is 16.4 Å². The molecule has 0 aliphatic heterocycles. The van der Waals surface area contributed by atoms with Gasteiger partial charge in [0, 0.05) is 30.4 Å². The lowest BCUT2D eigenvalue weighted by molar-refractivity contribution is -0.117. The predicted octanol–water partition coefficient (Wildman–Crippen LogP) is 2.20. The second kappa shape index (κ2) is 8.00. The van der Waals surface area contributed by atoms with E-state index >= 15 is 0 Å². The fraction of sp³-hybridized carbons (Fsp3) is 0.562. The third-order valence-electron chi connectivity index (χ3n) is 3.60. The number of anilines is 2. The number of nitrogens with one attached hydrogen (secondary N) is 2. The van der Waals surface area contributed by atoms with Crippen LogP contribution in [0, 0.1) is 5.92 Å². The zero-order valence-electron chi connectivity index (χ0n) is 12.6. The number of carbonyl (C=O) groups excluding carboxylic acids is 1. The molecule has 1 fully saturated rings. The highest BCUT2D eigenvalue weighted by Crippen LogP contribution is 2.30. The van der Waals surface area contributed by atoms with Crippen molar-refractivity contribution in [3.8, 4) is 0 Å². The topological polar surface area (TPSA) is 76.4 Å². The number of amides is 1. The van der Waals surface area contributed by atoms with Crippen molar-refractivity contribution >= 4 is 17.3 Å². The largest absolute Gasteiger partial charge is 0.383 e. The molecule has 0 aromatic heterocycles. The number of hydrogen-bond donors (Lipinski definition) is 3. The zero-order valence-corrected chi connectivity index (χ0v) is 12.6. The van der Waals surface area contributed by atoms with Crippen molar-refractivity contribution in [2.24, 2.45) is 11.7 Å².